The Kier molecular flexibility index (Phi) is 6.11. The maximum atomic E-state index is 5.45. The monoisotopic (exact) mass is 246 g/mol. The summed E-state index contributed by atoms with van der Waals surface area (Å²) in [4.78, 5) is 5.04. The highest BCUT2D eigenvalue weighted by atomic mass is 32.1. The smallest absolute Gasteiger partial charge is 0.0593 e. The minimum atomic E-state index is 0.314. The second-order valence-electron chi connectivity index (χ2n) is 5.34. The van der Waals surface area contributed by atoms with Crippen LogP contribution in [-0.4, -0.2) is 67.0 Å². The predicted octanol–water partition coefficient (Wildman–Crippen LogP) is 1.35. The Morgan fingerprint density at radius 2 is 1.69 bits per heavy atom. The van der Waals surface area contributed by atoms with Crippen LogP contribution in [0.1, 0.15) is 20.8 Å². The summed E-state index contributed by atoms with van der Waals surface area (Å²) in [6.45, 7) is 14.2. The van der Waals surface area contributed by atoms with Crippen LogP contribution in [0.5, 0.6) is 0 Å². The van der Waals surface area contributed by atoms with E-state index in [0.29, 0.717) is 5.54 Å². The Morgan fingerprint density at radius 1 is 1.06 bits per heavy atom. The van der Waals surface area contributed by atoms with Gasteiger partial charge < -0.3 is 4.74 Å². The van der Waals surface area contributed by atoms with Gasteiger partial charge in [-0.15, -0.1) is 0 Å². The minimum absolute atomic E-state index is 0.314. The molecule has 0 aromatic rings. The van der Waals surface area contributed by atoms with Gasteiger partial charge in [0.1, 0.15) is 0 Å². The molecule has 1 heterocycles. The summed E-state index contributed by atoms with van der Waals surface area (Å²) in [6.07, 6.45) is 0. The summed E-state index contributed by atoms with van der Waals surface area (Å²) in [5, 5.41) is 0. The number of hydrogen-bond acceptors (Lipinski definition) is 4. The molecule has 0 saturated carbocycles. The molecular weight excluding hydrogens is 220 g/mol. The van der Waals surface area contributed by atoms with Crippen molar-refractivity contribution in [1.29, 1.82) is 0 Å². The first-order valence-corrected chi connectivity index (χ1v) is 6.83. The van der Waals surface area contributed by atoms with Gasteiger partial charge in [-0.2, -0.15) is 12.6 Å². The fourth-order valence-corrected chi connectivity index (χ4v) is 2.13. The highest BCUT2D eigenvalue weighted by Crippen LogP contribution is 2.15. The van der Waals surface area contributed by atoms with Gasteiger partial charge in [0.25, 0.3) is 0 Å². The van der Waals surface area contributed by atoms with Crippen molar-refractivity contribution in [3.05, 3.63) is 0 Å². The lowest BCUT2D eigenvalue weighted by atomic mass is 10.1. The third-order valence-electron chi connectivity index (χ3n) is 3.11. The van der Waals surface area contributed by atoms with Gasteiger partial charge in [0, 0.05) is 44.0 Å². The van der Waals surface area contributed by atoms with Crippen molar-refractivity contribution < 1.29 is 4.74 Å². The number of nitrogens with zero attached hydrogens (tertiary/aromatic N) is 2. The summed E-state index contributed by atoms with van der Waals surface area (Å²) in [6, 6.07) is 0. The van der Waals surface area contributed by atoms with E-state index in [4.69, 9.17) is 4.74 Å². The van der Waals surface area contributed by atoms with Gasteiger partial charge in [0.2, 0.25) is 0 Å². The topological polar surface area (TPSA) is 15.7 Å². The fourth-order valence-electron chi connectivity index (χ4n) is 2.00. The van der Waals surface area contributed by atoms with E-state index in [-0.39, 0.29) is 0 Å². The van der Waals surface area contributed by atoms with Gasteiger partial charge in [-0.25, -0.2) is 0 Å². The lowest BCUT2D eigenvalue weighted by molar-refractivity contribution is 0.0441. The Balaban J connectivity index is 2.12. The van der Waals surface area contributed by atoms with Crippen molar-refractivity contribution >= 4 is 12.6 Å². The zero-order valence-corrected chi connectivity index (χ0v) is 11.8. The molecule has 1 fully saturated rings. The van der Waals surface area contributed by atoms with E-state index in [9.17, 15) is 0 Å². The molecule has 0 radical (unpaired) electrons. The quantitative estimate of drug-likeness (QED) is 0.582. The molecule has 0 bridgehead atoms. The number of ether oxygens (including phenoxy) is 1. The zero-order chi connectivity index (χ0) is 12.0. The summed E-state index contributed by atoms with van der Waals surface area (Å²) in [5.74, 6) is 0.817. The molecule has 0 amide bonds. The molecule has 0 N–H and O–H groups in total. The molecule has 0 aromatic heterocycles. The lowest BCUT2D eigenvalue weighted by Gasteiger charge is -2.42. The molecule has 1 aliphatic rings. The highest BCUT2D eigenvalue weighted by molar-refractivity contribution is 7.80. The van der Waals surface area contributed by atoms with Crippen LogP contribution in [0.3, 0.4) is 0 Å². The highest BCUT2D eigenvalue weighted by Gasteiger charge is 2.25. The molecule has 4 heteroatoms. The summed E-state index contributed by atoms with van der Waals surface area (Å²) >= 11 is 4.12. The van der Waals surface area contributed by atoms with Crippen LogP contribution in [0.25, 0.3) is 0 Å². The third-order valence-corrected chi connectivity index (χ3v) is 3.29. The van der Waals surface area contributed by atoms with Crippen molar-refractivity contribution in [2.75, 3.05) is 51.7 Å². The summed E-state index contributed by atoms with van der Waals surface area (Å²) in [5.41, 5.74) is 0.314. The number of rotatable bonds is 5. The largest absolute Gasteiger partial charge is 0.379 e. The number of thiol groups is 1. The average Bonchev–Trinajstić information content (AvgIpc) is 2.24. The second kappa shape index (κ2) is 6.84. The Hall–Kier alpha value is 0.230. The maximum absolute atomic E-state index is 5.45. The first-order chi connectivity index (χ1) is 7.54. The van der Waals surface area contributed by atoms with E-state index in [1.54, 1.807) is 0 Å². The van der Waals surface area contributed by atoms with Gasteiger partial charge in [-0.05, 0) is 20.8 Å². The molecule has 1 aliphatic heterocycles. The predicted molar refractivity (Wildman–Crippen MR) is 72.4 cm³/mol. The van der Waals surface area contributed by atoms with Crippen LogP contribution in [0.4, 0.5) is 0 Å². The van der Waals surface area contributed by atoms with Crippen molar-refractivity contribution in [2.24, 2.45) is 0 Å². The van der Waals surface area contributed by atoms with Gasteiger partial charge in [0.05, 0.1) is 13.2 Å². The van der Waals surface area contributed by atoms with Crippen LogP contribution in [-0.2, 0) is 4.74 Å². The number of piperazine rings is 1. The summed E-state index contributed by atoms with van der Waals surface area (Å²) in [7, 11) is 0. The van der Waals surface area contributed by atoms with Gasteiger partial charge in [0.15, 0.2) is 0 Å². The molecule has 1 saturated heterocycles. The first-order valence-electron chi connectivity index (χ1n) is 6.20. The molecule has 96 valence electrons. The molecule has 0 aromatic carbocycles. The zero-order valence-electron chi connectivity index (χ0n) is 10.9. The fraction of sp³-hybridized carbons (Fsp3) is 1.00. The molecule has 3 nitrogen and oxygen atoms in total. The van der Waals surface area contributed by atoms with Crippen molar-refractivity contribution in [3.63, 3.8) is 0 Å². The van der Waals surface area contributed by atoms with Crippen LogP contribution >= 0.6 is 12.6 Å². The van der Waals surface area contributed by atoms with Crippen LogP contribution in [0.15, 0.2) is 0 Å². The Bertz CT molecular complexity index is 186. The van der Waals surface area contributed by atoms with E-state index in [1.807, 2.05) is 0 Å². The van der Waals surface area contributed by atoms with Crippen LogP contribution < -0.4 is 0 Å². The third kappa shape index (κ3) is 5.04. The van der Waals surface area contributed by atoms with E-state index in [2.05, 4.69) is 43.2 Å². The van der Waals surface area contributed by atoms with E-state index < -0.39 is 0 Å². The van der Waals surface area contributed by atoms with Crippen LogP contribution in [0, 0.1) is 0 Å². The van der Waals surface area contributed by atoms with Gasteiger partial charge in [-0.1, -0.05) is 0 Å². The molecular formula is C12H26N2OS. The molecule has 0 aliphatic carbocycles. The average molecular weight is 246 g/mol. The van der Waals surface area contributed by atoms with Crippen molar-refractivity contribution in [3.8, 4) is 0 Å². The maximum Gasteiger partial charge on any atom is 0.0593 e. The SMILES string of the molecule is CC(C)(C)N1CCN(CCOCCS)CC1. The molecule has 0 atom stereocenters. The van der Waals surface area contributed by atoms with E-state index in [1.165, 1.54) is 26.2 Å². The van der Waals surface area contributed by atoms with E-state index in [0.717, 1.165) is 25.5 Å². The normalized spacial score (nSPS) is 20.2. The minimum Gasteiger partial charge on any atom is -0.379 e. The van der Waals surface area contributed by atoms with Crippen LogP contribution in [0.2, 0.25) is 0 Å². The first kappa shape index (κ1) is 14.3. The van der Waals surface area contributed by atoms with E-state index >= 15 is 0 Å². The van der Waals surface area contributed by atoms with Crippen molar-refractivity contribution in [2.45, 2.75) is 26.3 Å². The number of hydrogen-bond donors (Lipinski definition) is 1. The van der Waals surface area contributed by atoms with Gasteiger partial charge in [-0.3, -0.25) is 9.80 Å². The molecule has 0 unspecified atom stereocenters. The van der Waals surface area contributed by atoms with Gasteiger partial charge >= 0.3 is 0 Å². The molecule has 1 rings (SSSR count). The molecule has 16 heavy (non-hydrogen) atoms. The Morgan fingerprint density at radius 3 is 2.19 bits per heavy atom. The summed E-state index contributed by atoms with van der Waals surface area (Å²) < 4.78 is 5.45. The standard InChI is InChI=1S/C12H26N2OS/c1-12(2,3)14-6-4-13(5-7-14)8-9-15-10-11-16/h16H,4-11H2,1-3H3. The lowest BCUT2D eigenvalue weighted by Crippen LogP contribution is -2.53. The second-order valence-corrected chi connectivity index (χ2v) is 5.78. The van der Waals surface area contributed by atoms with Crippen molar-refractivity contribution in [1.82, 2.24) is 9.80 Å². The Labute approximate surface area is 106 Å². The molecule has 0 spiro atoms.